The van der Waals surface area contributed by atoms with Crippen molar-refractivity contribution in [3.63, 3.8) is 0 Å². The second kappa shape index (κ2) is 12.4. The normalized spacial score (nSPS) is 12.9. The maximum absolute atomic E-state index is 12.8. The lowest BCUT2D eigenvalue weighted by Gasteiger charge is -2.28. The van der Waals surface area contributed by atoms with Crippen molar-refractivity contribution >= 4 is 17.6 Å². The van der Waals surface area contributed by atoms with Crippen LogP contribution in [0.1, 0.15) is 77.1 Å². The van der Waals surface area contributed by atoms with E-state index in [0.717, 1.165) is 25.7 Å². The minimum Gasteiger partial charge on any atom is -0.493 e. The van der Waals surface area contributed by atoms with E-state index in [-0.39, 0.29) is 12.5 Å². The first-order valence-corrected chi connectivity index (χ1v) is 10.3. The zero-order chi connectivity index (χ0) is 21.0. The lowest BCUT2D eigenvalue weighted by Crippen LogP contribution is -2.43. The van der Waals surface area contributed by atoms with E-state index in [1.807, 2.05) is 13.8 Å². The molecule has 0 fully saturated rings. The van der Waals surface area contributed by atoms with Gasteiger partial charge in [-0.15, -0.1) is 0 Å². The van der Waals surface area contributed by atoms with Crippen molar-refractivity contribution in [2.75, 3.05) is 25.1 Å². The van der Waals surface area contributed by atoms with Crippen molar-refractivity contribution in [2.24, 2.45) is 0 Å². The maximum Gasteiger partial charge on any atom is 0.341 e. The van der Waals surface area contributed by atoms with Crippen LogP contribution >= 0.6 is 0 Å². The van der Waals surface area contributed by atoms with E-state index in [0.29, 0.717) is 36.6 Å². The molecule has 0 aliphatic carbocycles. The van der Waals surface area contributed by atoms with E-state index in [9.17, 15) is 9.59 Å². The highest BCUT2D eigenvalue weighted by atomic mass is 16.5. The third-order valence-corrected chi connectivity index (χ3v) is 4.32. The number of nitrogens with one attached hydrogen (secondary N) is 1. The molecule has 28 heavy (non-hydrogen) atoms. The van der Waals surface area contributed by atoms with Crippen molar-refractivity contribution in [1.82, 2.24) is 0 Å². The van der Waals surface area contributed by atoms with Crippen LogP contribution in [0.4, 0.5) is 5.69 Å². The Bertz CT molecular complexity index is 631. The van der Waals surface area contributed by atoms with Crippen molar-refractivity contribution in [3.8, 4) is 5.75 Å². The number of amides is 1. The van der Waals surface area contributed by atoms with Crippen LogP contribution in [0.2, 0.25) is 0 Å². The molecule has 1 rings (SSSR count). The standard InChI is InChI=1S/C22H35NO5/c1-6-10-15-27-19-12-11-17(16-18(19)20(24)26-9-4)23-21(25)22(5,13-7-2)28-14-8-3/h11-12,16H,6-10,13-15H2,1-5H3,(H,23,25)/t22-/m0/s1. The number of hydrogen-bond donors (Lipinski definition) is 1. The molecule has 6 heteroatoms. The van der Waals surface area contributed by atoms with E-state index < -0.39 is 11.6 Å². The predicted octanol–water partition coefficient (Wildman–Crippen LogP) is 4.97. The quantitative estimate of drug-likeness (QED) is 0.378. The van der Waals surface area contributed by atoms with Gasteiger partial charge in [0.1, 0.15) is 16.9 Å². The highest BCUT2D eigenvalue weighted by Gasteiger charge is 2.33. The topological polar surface area (TPSA) is 73.9 Å². The fourth-order valence-electron chi connectivity index (χ4n) is 2.75. The lowest BCUT2D eigenvalue weighted by molar-refractivity contribution is -0.140. The van der Waals surface area contributed by atoms with E-state index in [4.69, 9.17) is 14.2 Å². The summed E-state index contributed by atoms with van der Waals surface area (Å²) in [5, 5.41) is 2.88. The highest BCUT2D eigenvalue weighted by Crippen LogP contribution is 2.26. The van der Waals surface area contributed by atoms with Crippen molar-refractivity contribution in [3.05, 3.63) is 23.8 Å². The number of esters is 1. The summed E-state index contributed by atoms with van der Waals surface area (Å²) in [5.41, 5.74) is -0.0914. The summed E-state index contributed by atoms with van der Waals surface area (Å²) in [4.78, 5) is 25.2. The fourth-order valence-corrected chi connectivity index (χ4v) is 2.75. The summed E-state index contributed by atoms with van der Waals surface area (Å²) in [6.45, 7) is 11.0. The van der Waals surface area contributed by atoms with E-state index in [1.54, 1.807) is 32.0 Å². The average Bonchev–Trinajstić information content (AvgIpc) is 2.67. The second-order valence-electron chi connectivity index (χ2n) is 6.92. The number of ether oxygens (including phenoxy) is 3. The van der Waals surface area contributed by atoms with Crippen LogP contribution in [0.15, 0.2) is 18.2 Å². The first-order valence-electron chi connectivity index (χ1n) is 10.3. The van der Waals surface area contributed by atoms with Crippen LogP contribution in [0.5, 0.6) is 5.75 Å². The van der Waals surface area contributed by atoms with Crippen LogP contribution in [0.3, 0.4) is 0 Å². The number of hydrogen-bond acceptors (Lipinski definition) is 5. The molecule has 6 nitrogen and oxygen atoms in total. The van der Waals surface area contributed by atoms with E-state index in [2.05, 4.69) is 12.2 Å². The number of rotatable bonds is 13. The Morgan fingerprint density at radius 3 is 2.39 bits per heavy atom. The van der Waals surface area contributed by atoms with Crippen LogP contribution in [-0.2, 0) is 14.3 Å². The van der Waals surface area contributed by atoms with Crippen LogP contribution in [0.25, 0.3) is 0 Å². The molecular weight excluding hydrogens is 358 g/mol. The molecule has 1 N–H and O–H groups in total. The van der Waals surface area contributed by atoms with Gasteiger partial charge < -0.3 is 19.5 Å². The van der Waals surface area contributed by atoms with Crippen LogP contribution < -0.4 is 10.1 Å². The number of carbonyl (C=O) groups excluding carboxylic acids is 2. The Kier molecular flexibility index (Phi) is 10.6. The molecule has 0 aliphatic heterocycles. The molecule has 0 saturated carbocycles. The van der Waals surface area contributed by atoms with Gasteiger partial charge in [0.05, 0.1) is 13.2 Å². The van der Waals surface area contributed by atoms with Gasteiger partial charge in [0.25, 0.3) is 5.91 Å². The molecule has 0 radical (unpaired) electrons. The molecule has 1 aromatic carbocycles. The first kappa shape index (κ1) is 24.0. The molecule has 0 aliphatic rings. The summed E-state index contributed by atoms with van der Waals surface area (Å²) in [6.07, 6.45) is 4.17. The Balaban J connectivity index is 3.04. The minimum atomic E-state index is -0.912. The molecule has 0 aromatic heterocycles. The van der Waals surface area contributed by atoms with Crippen molar-refractivity contribution in [1.29, 1.82) is 0 Å². The third kappa shape index (κ3) is 7.15. The molecule has 0 spiro atoms. The zero-order valence-electron chi connectivity index (χ0n) is 17.9. The molecule has 0 unspecified atom stereocenters. The molecule has 0 saturated heterocycles. The molecule has 0 heterocycles. The second-order valence-corrected chi connectivity index (χ2v) is 6.92. The SMILES string of the molecule is CCCCOc1ccc(NC(=O)[C@](C)(CCC)OCCC)cc1C(=O)OCC. The van der Waals surface area contributed by atoms with Gasteiger partial charge in [0.15, 0.2) is 0 Å². The van der Waals surface area contributed by atoms with E-state index in [1.165, 1.54) is 0 Å². The van der Waals surface area contributed by atoms with Crippen LogP contribution in [-0.4, -0.2) is 37.3 Å². The summed E-state index contributed by atoms with van der Waals surface area (Å²) >= 11 is 0. The molecule has 1 aromatic rings. The van der Waals surface area contributed by atoms with Gasteiger partial charge >= 0.3 is 5.97 Å². The molecule has 158 valence electrons. The van der Waals surface area contributed by atoms with Gasteiger partial charge in [0, 0.05) is 12.3 Å². The average molecular weight is 394 g/mol. The van der Waals surface area contributed by atoms with E-state index >= 15 is 0 Å². The Morgan fingerprint density at radius 2 is 1.79 bits per heavy atom. The monoisotopic (exact) mass is 393 g/mol. The largest absolute Gasteiger partial charge is 0.493 e. The van der Waals surface area contributed by atoms with Gasteiger partial charge in [-0.2, -0.15) is 0 Å². The van der Waals surface area contributed by atoms with Gasteiger partial charge in [-0.3, -0.25) is 4.79 Å². The first-order chi connectivity index (χ1) is 13.4. The molecule has 1 amide bonds. The van der Waals surface area contributed by atoms with Gasteiger partial charge in [-0.05, 0) is 51.3 Å². The molecule has 1 atom stereocenters. The minimum absolute atomic E-state index is 0.225. The number of benzene rings is 1. The Hall–Kier alpha value is -2.08. The highest BCUT2D eigenvalue weighted by molar-refractivity contribution is 5.99. The lowest BCUT2D eigenvalue weighted by atomic mass is 9.98. The Labute approximate surface area is 168 Å². The molecule has 0 bridgehead atoms. The van der Waals surface area contributed by atoms with Gasteiger partial charge in [-0.1, -0.05) is 33.6 Å². The number of anilines is 1. The fraction of sp³-hybridized carbons (Fsp3) is 0.636. The Morgan fingerprint density at radius 1 is 1.04 bits per heavy atom. The molecular formula is C22H35NO5. The van der Waals surface area contributed by atoms with Gasteiger partial charge in [-0.25, -0.2) is 4.79 Å². The summed E-state index contributed by atoms with van der Waals surface area (Å²) < 4.78 is 16.7. The number of unbranched alkanes of at least 4 members (excludes halogenated alkanes) is 1. The summed E-state index contributed by atoms with van der Waals surface area (Å²) in [6, 6.07) is 5.03. The number of carbonyl (C=O) groups is 2. The van der Waals surface area contributed by atoms with Gasteiger partial charge in [0.2, 0.25) is 0 Å². The zero-order valence-corrected chi connectivity index (χ0v) is 17.9. The smallest absolute Gasteiger partial charge is 0.341 e. The summed E-state index contributed by atoms with van der Waals surface area (Å²) in [7, 11) is 0. The maximum atomic E-state index is 12.8. The predicted molar refractivity (Wildman–Crippen MR) is 111 cm³/mol. The third-order valence-electron chi connectivity index (χ3n) is 4.32. The van der Waals surface area contributed by atoms with Crippen molar-refractivity contribution < 1.29 is 23.8 Å². The summed E-state index contributed by atoms with van der Waals surface area (Å²) in [5.74, 6) is -0.232. The van der Waals surface area contributed by atoms with Crippen molar-refractivity contribution in [2.45, 2.75) is 72.3 Å². The van der Waals surface area contributed by atoms with Crippen LogP contribution in [0, 0.1) is 0 Å².